The second-order valence-electron chi connectivity index (χ2n) is 15.6. The summed E-state index contributed by atoms with van der Waals surface area (Å²) < 4.78 is 16.6. The molecule has 6 heteroatoms. The van der Waals surface area contributed by atoms with Crippen LogP contribution in [-0.2, 0) is 28.6 Å². The van der Waals surface area contributed by atoms with Crippen molar-refractivity contribution in [1.29, 1.82) is 0 Å². The quantitative estimate of drug-likeness (QED) is 0.0264. The zero-order chi connectivity index (χ0) is 43.0. The van der Waals surface area contributed by atoms with E-state index in [1.54, 1.807) is 0 Å². The molecule has 0 N–H and O–H groups in total. The fraction of sp³-hybridized carbons (Fsp3) is 0.679. The Labute approximate surface area is 363 Å². The maximum absolute atomic E-state index is 12.7. The maximum Gasteiger partial charge on any atom is 0.306 e. The Morgan fingerprint density at radius 3 is 1.14 bits per heavy atom. The second-order valence-corrected chi connectivity index (χ2v) is 15.6. The average molecular weight is 821 g/mol. The fourth-order valence-corrected chi connectivity index (χ4v) is 6.27. The highest BCUT2D eigenvalue weighted by molar-refractivity contribution is 5.71. The molecule has 0 spiro atoms. The zero-order valence-corrected chi connectivity index (χ0v) is 38.2. The smallest absolute Gasteiger partial charge is 0.306 e. The first-order chi connectivity index (χ1) is 29.0. The summed E-state index contributed by atoms with van der Waals surface area (Å²) in [6.45, 7) is 6.38. The van der Waals surface area contributed by atoms with Gasteiger partial charge < -0.3 is 14.2 Å². The van der Waals surface area contributed by atoms with Gasteiger partial charge in [0.1, 0.15) is 13.2 Å². The zero-order valence-electron chi connectivity index (χ0n) is 38.2. The molecule has 0 aromatic carbocycles. The van der Waals surface area contributed by atoms with E-state index in [-0.39, 0.29) is 37.5 Å². The Kier molecular flexibility index (Phi) is 44.5. The van der Waals surface area contributed by atoms with E-state index >= 15 is 0 Å². The molecular weight excluding hydrogens is 733 g/mol. The summed E-state index contributed by atoms with van der Waals surface area (Å²) in [4.78, 5) is 37.7. The maximum atomic E-state index is 12.7. The fourth-order valence-electron chi connectivity index (χ4n) is 6.27. The van der Waals surface area contributed by atoms with E-state index in [9.17, 15) is 14.4 Å². The molecule has 0 aliphatic rings. The summed E-state index contributed by atoms with van der Waals surface area (Å²) in [5, 5.41) is 0. The molecule has 0 radical (unpaired) electrons. The Balaban J connectivity index is 4.40. The number of carbonyl (C=O) groups excluding carboxylic acids is 3. The van der Waals surface area contributed by atoms with Crippen molar-refractivity contribution >= 4 is 17.9 Å². The van der Waals surface area contributed by atoms with Gasteiger partial charge in [-0.05, 0) is 89.9 Å². The van der Waals surface area contributed by atoms with Crippen molar-refractivity contribution in [3.63, 3.8) is 0 Å². The molecule has 6 nitrogen and oxygen atoms in total. The third-order valence-electron chi connectivity index (χ3n) is 9.88. The standard InChI is InChI=1S/C53H88O6/c1-4-7-10-13-16-18-20-22-24-26-28-30-32-34-37-40-43-46-52(55)58-49-50(48-57-51(54)45-42-39-36-15-12-9-6-3)59-53(56)47-44-41-38-35-33-31-29-27-25-23-21-19-17-14-11-8-5-2/h7,10,16-19,22-25,28,30,34,37,50H,4-6,8-9,11-15,20-21,26-27,29,31-33,35-36,38-49H2,1-3H3/b10-7-,18-16-,19-17-,24-22-,25-23-,30-28-,37-34-. The minimum absolute atomic E-state index is 0.0979. The van der Waals surface area contributed by atoms with Crippen molar-refractivity contribution in [3.8, 4) is 0 Å². The molecule has 0 aromatic heterocycles. The highest BCUT2D eigenvalue weighted by atomic mass is 16.6. The van der Waals surface area contributed by atoms with Gasteiger partial charge in [0.05, 0.1) is 0 Å². The minimum Gasteiger partial charge on any atom is -0.462 e. The summed E-state index contributed by atoms with van der Waals surface area (Å²) >= 11 is 0. The van der Waals surface area contributed by atoms with Crippen LogP contribution in [0.3, 0.4) is 0 Å². The van der Waals surface area contributed by atoms with Gasteiger partial charge >= 0.3 is 17.9 Å². The van der Waals surface area contributed by atoms with Gasteiger partial charge in [0.25, 0.3) is 0 Å². The lowest BCUT2D eigenvalue weighted by atomic mass is 10.1. The molecule has 0 rings (SSSR count). The molecule has 0 bridgehead atoms. The molecule has 59 heavy (non-hydrogen) atoms. The summed E-state index contributed by atoms with van der Waals surface area (Å²) in [6.07, 6.45) is 60.1. The van der Waals surface area contributed by atoms with Gasteiger partial charge in [-0.25, -0.2) is 0 Å². The van der Waals surface area contributed by atoms with Crippen LogP contribution in [0.25, 0.3) is 0 Å². The van der Waals surface area contributed by atoms with Crippen LogP contribution in [0.5, 0.6) is 0 Å². The van der Waals surface area contributed by atoms with E-state index in [1.807, 2.05) is 0 Å². The first kappa shape index (κ1) is 55.6. The molecule has 0 aliphatic heterocycles. The van der Waals surface area contributed by atoms with Crippen LogP contribution >= 0.6 is 0 Å². The lowest BCUT2D eigenvalue weighted by Gasteiger charge is -2.18. The van der Waals surface area contributed by atoms with E-state index in [1.165, 1.54) is 77.0 Å². The number of allylic oxidation sites excluding steroid dienone is 14. The van der Waals surface area contributed by atoms with E-state index in [2.05, 4.69) is 106 Å². The van der Waals surface area contributed by atoms with E-state index in [0.717, 1.165) is 89.9 Å². The lowest BCUT2D eigenvalue weighted by Crippen LogP contribution is -2.30. The highest BCUT2D eigenvalue weighted by Gasteiger charge is 2.19. The molecule has 0 saturated heterocycles. The Morgan fingerprint density at radius 1 is 0.356 bits per heavy atom. The summed E-state index contributed by atoms with van der Waals surface area (Å²) in [5.41, 5.74) is 0. The van der Waals surface area contributed by atoms with Crippen molar-refractivity contribution in [3.05, 3.63) is 85.1 Å². The summed E-state index contributed by atoms with van der Waals surface area (Å²) in [6, 6.07) is 0. The number of hydrogen-bond donors (Lipinski definition) is 0. The molecule has 336 valence electrons. The largest absolute Gasteiger partial charge is 0.462 e. The molecule has 0 amide bonds. The highest BCUT2D eigenvalue weighted by Crippen LogP contribution is 2.13. The van der Waals surface area contributed by atoms with Gasteiger partial charge in [-0.1, -0.05) is 189 Å². The third kappa shape index (κ3) is 45.5. The van der Waals surface area contributed by atoms with Crippen LogP contribution in [0, 0.1) is 0 Å². The van der Waals surface area contributed by atoms with Crippen molar-refractivity contribution in [2.45, 2.75) is 219 Å². The van der Waals surface area contributed by atoms with Crippen LogP contribution in [0.15, 0.2) is 85.1 Å². The van der Waals surface area contributed by atoms with Gasteiger partial charge in [0.2, 0.25) is 0 Å². The molecule has 0 fully saturated rings. The number of ether oxygens (including phenoxy) is 3. The second kappa shape index (κ2) is 47.3. The third-order valence-corrected chi connectivity index (χ3v) is 9.88. The predicted molar refractivity (Wildman–Crippen MR) is 251 cm³/mol. The van der Waals surface area contributed by atoms with E-state index < -0.39 is 6.10 Å². The van der Waals surface area contributed by atoms with Crippen LogP contribution in [0.4, 0.5) is 0 Å². The molecule has 1 unspecified atom stereocenters. The van der Waals surface area contributed by atoms with Gasteiger partial charge in [0, 0.05) is 19.3 Å². The number of unbranched alkanes of at least 4 members (excludes halogenated alkanes) is 17. The topological polar surface area (TPSA) is 78.9 Å². The summed E-state index contributed by atoms with van der Waals surface area (Å²) in [5.74, 6) is -0.978. The first-order valence-corrected chi connectivity index (χ1v) is 24.1. The van der Waals surface area contributed by atoms with Gasteiger partial charge in [-0.2, -0.15) is 0 Å². The lowest BCUT2D eigenvalue weighted by molar-refractivity contribution is -0.167. The van der Waals surface area contributed by atoms with Crippen LogP contribution in [0.1, 0.15) is 213 Å². The summed E-state index contributed by atoms with van der Waals surface area (Å²) in [7, 11) is 0. The van der Waals surface area contributed by atoms with Crippen LogP contribution < -0.4 is 0 Å². The molecule has 0 saturated carbocycles. The Hall–Kier alpha value is -3.41. The number of hydrogen-bond acceptors (Lipinski definition) is 6. The number of rotatable bonds is 42. The van der Waals surface area contributed by atoms with Crippen LogP contribution in [0.2, 0.25) is 0 Å². The van der Waals surface area contributed by atoms with Gasteiger partial charge in [-0.15, -0.1) is 0 Å². The van der Waals surface area contributed by atoms with Crippen molar-refractivity contribution in [1.82, 2.24) is 0 Å². The molecule has 0 aliphatic carbocycles. The number of esters is 3. The van der Waals surface area contributed by atoms with Crippen LogP contribution in [-0.4, -0.2) is 37.2 Å². The van der Waals surface area contributed by atoms with E-state index in [4.69, 9.17) is 14.2 Å². The SMILES string of the molecule is CC/C=C\C/C=C\C/C=C\C/C=C\C/C=C\CCCC(=O)OCC(COC(=O)CCCCCCCCC)OC(=O)CCCCCCCCC/C=C\C/C=C\CCCCC. The average Bonchev–Trinajstić information content (AvgIpc) is 3.23. The normalized spacial score (nSPS) is 12.8. The van der Waals surface area contributed by atoms with E-state index in [0.29, 0.717) is 19.3 Å². The monoisotopic (exact) mass is 821 g/mol. The molecule has 1 atom stereocenters. The number of carbonyl (C=O) groups is 3. The van der Waals surface area contributed by atoms with Gasteiger partial charge in [0.15, 0.2) is 6.10 Å². The molecule has 0 aromatic rings. The molecular formula is C53H88O6. The first-order valence-electron chi connectivity index (χ1n) is 24.1. The Morgan fingerprint density at radius 2 is 0.678 bits per heavy atom. The van der Waals surface area contributed by atoms with Crippen molar-refractivity contribution < 1.29 is 28.6 Å². The minimum atomic E-state index is -0.800. The van der Waals surface area contributed by atoms with Crippen molar-refractivity contribution in [2.75, 3.05) is 13.2 Å². The molecule has 0 heterocycles. The Bertz CT molecular complexity index is 1170. The predicted octanol–water partition coefficient (Wildman–Crippen LogP) is 15.6. The van der Waals surface area contributed by atoms with Crippen molar-refractivity contribution in [2.24, 2.45) is 0 Å². The van der Waals surface area contributed by atoms with Gasteiger partial charge in [-0.3, -0.25) is 14.4 Å².